The van der Waals surface area contributed by atoms with Gasteiger partial charge in [0, 0.05) is 13.1 Å². The van der Waals surface area contributed by atoms with E-state index in [-0.39, 0.29) is 5.91 Å². The molecule has 1 aliphatic rings. The highest BCUT2D eigenvalue weighted by molar-refractivity contribution is 5.81. The second kappa shape index (κ2) is 5.68. The van der Waals surface area contributed by atoms with Crippen molar-refractivity contribution in [3.8, 4) is 5.75 Å². The number of hydrogen-bond acceptors (Lipinski definition) is 3. The van der Waals surface area contributed by atoms with Crippen LogP contribution in [-0.2, 0) is 9.53 Å². The molecular formula is C13H17NO3. The topological polar surface area (TPSA) is 38.8 Å². The summed E-state index contributed by atoms with van der Waals surface area (Å²) in [6.07, 6.45) is -0.449. The molecule has 0 saturated carbocycles. The summed E-state index contributed by atoms with van der Waals surface area (Å²) >= 11 is 0. The van der Waals surface area contributed by atoms with Crippen molar-refractivity contribution in [2.24, 2.45) is 0 Å². The van der Waals surface area contributed by atoms with E-state index in [1.165, 1.54) is 0 Å². The van der Waals surface area contributed by atoms with Crippen LogP contribution in [0, 0.1) is 0 Å². The average molecular weight is 235 g/mol. The number of carbonyl (C=O) groups is 1. The Labute approximate surface area is 101 Å². The molecule has 1 aliphatic heterocycles. The van der Waals surface area contributed by atoms with Gasteiger partial charge in [-0.25, -0.2) is 0 Å². The second-order valence-corrected chi connectivity index (χ2v) is 4.01. The van der Waals surface area contributed by atoms with Crippen LogP contribution in [0.4, 0.5) is 0 Å². The highest BCUT2D eigenvalue weighted by Crippen LogP contribution is 2.12. The van der Waals surface area contributed by atoms with Gasteiger partial charge in [0.1, 0.15) is 5.75 Å². The van der Waals surface area contributed by atoms with Gasteiger partial charge in [-0.2, -0.15) is 0 Å². The molecule has 2 rings (SSSR count). The van der Waals surface area contributed by atoms with Crippen molar-refractivity contribution in [3.63, 3.8) is 0 Å². The minimum Gasteiger partial charge on any atom is -0.481 e. The maximum atomic E-state index is 12.0. The molecule has 0 aliphatic carbocycles. The molecule has 1 aromatic carbocycles. The fourth-order valence-electron chi connectivity index (χ4n) is 1.79. The minimum absolute atomic E-state index is 0.0251. The summed E-state index contributed by atoms with van der Waals surface area (Å²) in [5.74, 6) is 0.749. The number of morpholine rings is 1. The predicted molar refractivity (Wildman–Crippen MR) is 63.9 cm³/mol. The Morgan fingerprint density at radius 1 is 1.29 bits per heavy atom. The fraction of sp³-hybridized carbons (Fsp3) is 0.462. The standard InChI is InChI=1S/C13H17NO3/c1-11(17-12-5-3-2-4-6-12)13(15)14-7-9-16-10-8-14/h2-6,11H,7-10H2,1H3/t11-/m1/s1. The number of ether oxygens (including phenoxy) is 2. The van der Waals surface area contributed by atoms with Gasteiger partial charge in [-0.1, -0.05) is 18.2 Å². The zero-order valence-electron chi connectivity index (χ0n) is 9.96. The Kier molecular flexibility index (Phi) is 3.98. The van der Waals surface area contributed by atoms with E-state index < -0.39 is 6.10 Å². The Bertz CT molecular complexity index is 360. The fourth-order valence-corrected chi connectivity index (χ4v) is 1.79. The third-order valence-corrected chi connectivity index (χ3v) is 2.73. The van der Waals surface area contributed by atoms with Crippen molar-refractivity contribution < 1.29 is 14.3 Å². The smallest absolute Gasteiger partial charge is 0.263 e. The predicted octanol–water partition coefficient (Wildman–Crippen LogP) is 1.31. The van der Waals surface area contributed by atoms with Gasteiger partial charge >= 0.3 is 0 Å². The molecule has 1 amide bonds. The Balaban J connectivity index is 1.90. The van der Waals surface area contributed by atoms with Crippen molar-refractivity contribution >= 4 is 5.91 Å². The summed E-state index contributed by atoms with van der Waals surface area (Å²) in [5.41, 5.74) is 0. The monoisotopic (exact) mass is 235 g/mol. The lowest BCUT2D eigenvalue weighted by Crippen LogP contribution is -2.46. The van der Waals surface area contributed by atoms with Crippen molar-refractivity contribution in [2.45, 2.75) is 13.0 Å². The zero-order chi connectivity index (χ0) is 12.1. The van der Waals surface area contributed by atoms with Crippen LogP contribution in [0.2, 0.25) is 0 Å². The summed E-state index contributed by atoms with van der Waals surface area (Å²) in [5, 5.41) is 0. The quantitative estimate of drug-likeness (QED) is 0.793. The van der Waals surface area contributed by atoms with E-state index in [9.17, 15) is 4.79 Å². The van der Waals surface area contributed by atoms with E-state index >= 15 is 0 Å². The van der Waals surface area contributed by atoms with Crippen LogP contribution in [0.15, 0.2) is 30.3 Å². The van der Waals surface area contributed by atoms with Crippen LogP contribution in [0.25, 0.3) is 0 Å². The number of carbonyl (C=O) groups excluding carboxylic acids is 1. The molecule has 0 spiro atoms. The molecule has 4 heteroatoms. The van der Waals surface area contributed by atoms with Gasteiger partial charge < -0.3 is 14.4 Å². The molecule has 0 unspecified atom stereocenters. The molecule has 0 aromatic heterocycles. The Hall–Kier alpha value is -1.55. The molecule has 0 radical (unpaired) electrons. The third kappa shape index (κ3) is 3.20. The van der Waals surface area contributed by atoms with E-state index in [0.717, 1.165) is 5.75 Å². The van der Waals surface area contributed by atoms with E-state index in [1.807, 2.05) is 30.3 Å². The first-order valence-corrected chi connectivity index (χ1v) is 5.85. The lowest BCUT2D eigenvalue weighted by Gasteiger charge is -2.29. The van der Waals surface area contributed by atoms with Crippen LogP contribution in [0.1, 0.15) is 6.92 Å². The molecular weight excluding hydrogens is 218 g/mol. The van der Waals surface area contributed by atoms with Crippen LogP contribution >= 0.6 is 0 Å². The van der Waals surface area contributed by atoms with Crippen molar-refractivity contribution in [3.05, 3.63) is 30.3 Å². The molecule has 1 heterocycles. The van der Waals surface area contributed by atoms with Crippen LogP contribution in [0.3, 0.4) is 0 Å². The van der Waals surface area contributed by atoms with Gasteiger partial charge in [-0.05, 0) is 19.1 Å². The molecule has 1 saturated heterocycles. The molecule has 1 fully saturated rings. The second-order valence-electron chi connectivity index (χ2n) is 4.01. The number of para-hydroxylation sites is 1. The van der Waals surface area contributed by atoms with E-state index in [1.54, 1.807) is 11.8 Å². The number of amides is 1. The lowest BCUT2D eigenvalue weighted by atomic mass is 10.3. The van der Waals surface area contributed by atoms with Crippen molar-refractivity contribution in [1.82, 2.24) is 4.90 Å². The largest absolute Gasteiger partial charge is 0.481 e. The molecule has 0 bridgehead atoms. The molecule has 1 atom stereocenters. The number of benzene rings is 1. The van der Waals surface area contributed by atoms with Gasteiger partial charge in [0.15, 0.2) is 6.10 Å². The van der Waals surface area contributed by atoms with Crippen molar-refractivity contribution in [1.29, 1.82) is 0 Å². The summed E-state index contributed by atoms with van der Waals surface area (Å²) < 4.78 is 10.8. The van der Waals surface area contributed by atoms with Gasteiger partial charge in [-0.3, -0.25) is 4.79 Å². The average Bonchev–Trinajstić information content (AvgIpc) is 2.40. The zero-order valence-corrected chi connectivity index (χ0v) is 9.96. The summed E-state index contributed by atoms with van der Waals surface area (Å²) in [7, 11) is 0. The first-order chi connectivity index (χ1) is 8.27. The van der Waals surface area contributed by atoms with Gasteiger partial charge in [-0.15, -0.1) is 0 Å². The normalized spacial score (nSPS) is 17.6. The maximum absolute atomic E-state index is 12.0. The maximum Gasteiger partial charge on any atom is 0.263 e. The van der Waals surface area contributed by atoms with Gasteiger partial charge in [0.2, 0.25) is 0 Å². The van der Waals surface area contributed by atoms with E-state index in [0.29, 0.717) is 26.3 Å². The number of rotatable bonds is 3. The Morgan fingerprint density at radius 2 is 1.94 bits per heavy atom. The Morgan fingerprint density at radius 3 is 2.59 bits per heavy atom. The van der Waals surface area contributed by atoms with Crippen LogP contribution in [0.5, 0.6) is 5.75 Å². The highest BCUT2D eigenvalue weighted by Gasteiger charge is 2.23. The third-order valence-electron chi connectivity index (χ3n) is 2.73. The van der Waals surface area contributed by atoms with Gasteiger partial charge in [0.05, 0.1) is 13.2 Å². The molecule has 1 aromatic rings. The molecule has 4 nitrogen and oxygen atoms in total. The molecule has 92 valence electrons. The summed E-state index contributed by atoms with van der Waals surface area (Å²) in [6.45, 7) is 4.32. The van der Waals surface area contributed by atoms with Gasteiger partial charge in [0.25, 0.3) is 5.91 Å². The van der Waals surface area contributed by atoms with Crippen LogP contribution in [-0.4, -0.2) is 43.2 Å². The van der Waals surface area contributed by atoms with Crippen LogP contribution < -0.4 is 4.74 Å². The van der Waals surface area contributed by atoms with E-state index in [2.05, 4.69) is 0 Å². The summed E-state index contributed by atoms with van der Waals surface area (Å²) in [4.78, 5) is 13.8. The molecule has 17 heavy (non-hydrogen) atoms. The summed E-state index contributed by atoms with van der Waals surface area (Å²) in [6, 6.07) is 9.40. The minimum atomic E-state index is -0.449. The first kappa shape index (κ1) is 11.9. The van der Waals surface area contributed by atoms with Crippen molar-refractivity contribution in [2.75, 3.05) is 26.3 Å². The highest BCUT2D eigenvalue weighted by atomic mass is 16.5. The first-order valence-electron chi connectivity index (χ1n) is 5.85. The number of nitrogens with zero attached hydrogens (tertiary/aromatic N) is 1. The number of hydrogen-bond donors (Lipinski definition) is 0. The lowest BCUT2D eigenvalue weighted by molar-refractivity contribution is -0.142. The SMILES string of the molecule is C[C@@H](Oc1ccccc1)C(=O)N1CCOCC1. The molecule has 0 N–H and O–H groups in total. The van der Waals surface area contributed by atoms with E-state index in [4.69, 9.17) is 9.47 Å².